The van der Waals surface area contributed by atoms with E-state index in [1.807, 2.05) is 26.0 Å². The number of aromatic nitrogens is 7. The fourth-order valence-electron chi connectivity index (χ4n) is 5.83. The van der Waals surface area contributed by atoms with Crippen LogP contribution in [0.15, 0.2) is 36.8 Å². The Hall–Kier alpha value is -4.19. The SMILES string of the molecule is COC1(C(=O)N[C@@H](C)c2ccc(-n3cc(F)cn3)nc2)CCC(c2nc3c(c(Nc4cc(C)[nH]n4)n2)CCC3)CC1. The topological polar surface area (TPSA) is 136 Å². The molecule has 1 amide bonds. The summed E-state index contributed by atoms with van der Waals surface area (Å²) >= 11 is 0. The van der Waals surface area contributed by atoms with Gasteiger partial charge in [0.05, 0.1) is 18.4 Å². The molecule has 0 saturated heterocycles. The van der Waals surface area contributed by atoms with E-state index in [1.54, 1.807) is 19.4 Å². The number of hydrogen-bond donors (Lipinski definition) is 3. The minimum absolute atomic E-state index is 0.139. The second kappa shape index (κ2) is 11.0. The molecule has 1 atom stereocenters. The van der Waals surface area contributed by atoms with E-state index >= 15 is 0 Å². The molecule has 0 spiro atoms. The van der Waals surface area contributed by atoms with Crippen LogP contribution in [0.5, 0.6) is 0 Å². The minimum atomic E-state index is -0.922. The zero-order valence-electron chi connectivity index (χ0n) is 23.4. The van der Waals surface area contributed by atoms with Gasteiger partial charge in [-0.1, -0.05) is 6.07 Å². The van der Waals surface area contributed by atoms with E-state index in [4.69, 9.17) is 14.7 Å². The van der Waals surface area contributed by atoms with Gasteiger partial charge in [0.1, 0.15) is 17.2 Å². The average Bonchev–Trinajstić information content (AvgIpc) is 3.74. The Morgan fingerprint density at radius 3 is 2.71 bits per heavy atom. The van der Waals surface area contributed by atoms with Gasteiger partial charge in [-0.05, 0) is 70.4 Å². The van der Waals surface area contributed by atoms with Crippen molar-refractivity contribution in [3.63, 3.8) is 0 Å². The molecule has 0 radical (unpaired) electrons. The maximum atomic E-state index is 13.5. The van der Waals surface area contributed by atoms with Crippen molar-refractivity contribution >= 4 is 17.5 Å². The molecule has 0 aliphatic heterocycles. The lowest BCUT2D eigenvalue weighted by atomic mass is 9.77. The van der Waals surface area contributed by atoms with Crippen LogP contribution < -0.4 is 10.6 Å². The number of H-pyrrole nitrogens is 1. The van der Waals surface area contributed by atoms with Crippen LogP contribution in [-0.4, -0.2) is 53.5 Å². The van der Waals surface area contributed by atoms with E-state index in [1.165, 1.54) is 16.4 Å². The number of hydrogen-bond acceptors (Lipinski definition) is 8. The zero-order valence-corrected chi connectivity index (χ0v) is 23.4. The van der Waals surface area contributed by atoms with Crippen LogP contribution in [0.2, 0.25) is 0 Å². The Morgan fingerprint density at radius 1 is 1.22 bits per heavy atom. The molecule has 12 heteroatoms. The van der Waals surface area contributed by atoms with Crippen LogP contribution in [-0.2, 0) is 22.4 Å². The number of anilines is 2. The molecule has 3 N–H and O–H groups in total. The fourth-order valence-corrected chi connectivity index (χ4v) is 5.83. The number of halogens is 1. The normalized spacial score (nSPS) is 20.9. The molecule has 11 nitrogen and oxygen atoms in total. The molecule has 4 aromatic heterocycles. The van der Waals surface area contributed by atoms with Crippen molar-refractivity contribution in [2.75, 3.05) is 12.4 Å². The van der Waals surface area contributed by atoms with Gasteiger partial charge in [0.2, 0.25) is 0 Å². The maximum Gasteiger partial charge on any atom is 0.252 e. The van der Waals surface area contributed by atoms with Crippen molar-refractivity contribution < 1.29 is 13.9 Å². The van der Waals surface area contributed by atoms with Gasteiger partial charge in [-0.25, -0.2) is 24.0 Å². The van der Waals surface area contributed by atoms with E-state index in [2.05, 4.69) is 30.9 Å². The van der Waals surface area contributed by atoms with Gasteiger partial charge in [-0.2, -0.15) is 10.2 Å². The van der Waals surface area contributed by atoms with Crippen molar-refractivity contribution in [3.05, 3.63) is 70.9 Å². The van der Waals surface area contributed by atoms with Crippen LogP contribution in [0, 0.1) is 12.7 Å². The Bertz CT molecular complexity index is 1540. The third-order valence-corrected chi connectivity index (χ3v) is 8.27. The summed E-state index contributed by atoms with van der Waals surface area (Å²) in [6, 6.07) is 5.27. The summed E-state index contributed by atoms with van der Waals surface area (Å²) in [6.07, 6.45) is 9.64. The highest BCUT2D eigenvalue weighted by Gasteiger charge is 2.43. The first-order valence-corrected chi connectivity index (χ1v) is 14.0. The number of carbonyl (C=O) groups is 1. The van der Waals surface area contributed by atoms with Gasteiger partial charge in [0.15, 0.2) is 17.5 Å². The Kier molecular flexibility index (Phi) is 7.24. The number of nitrogens with one attached hydrogen (secondary N) is 3. The van der Waals surface area contributed by atoms with E-state index in [-0.39, 0.29) is 17.9 Å². The second-order valence-corrected chi connectivity index (χ2v) is 11.0. The van der Waals surface area contributed by atoms with Gasteiger partial charge in [-0.3, -0.25) is 9.89 Å². The lowest BCUT2D eigenvalue weighted by Crippen LogP contribution is -2.50. The summed E-state index contributed by atoms with van der Waals surface area (Å²) in [5, 5.41) is 17.7. The predicted octanol–water partition coefficient (Wildman–Crippen LogP) is 4.38. The highest BCUT2D eigenvalue weighted by atomic mass is 19.1. The van der Waals surface area contributed by atoms with Crippen molar-refractivity contribution in [2.24, 2.45) is 0 Å². The van der Waals surface area contributed by atoms with Crippen LogP contribution >= 0.6 is 0 Å². The number of aromatic amines is 1. The summed E-state index contributed by atoms with van der Waals surface area (Å²) < 4.78 is 20.5. The van der Waals surface area contributed by atoms with Gasteiger partial charge in [-0.15, -0.1) is 0 Å². The second-order valence-electron chi connectivity index (χ2n) is 11.0. The number of pyridine rings is 1. The lowest BCUT2D eigenvalue weighted by molar-refractivity contribution is -0.148. The molecule has 1 saturated carbocycles. The molecule has 6 rings (SSSR count). The molecule has 214 valence electrons. The molecule has 1 fully saturated rings. The third kappa shape index (κ3) is 5.43. The summed E-state index contributed by atoms with van der Waals surface area (Å²) in [5.41, 5.74) is 3.16. The lowest BCUT2D eigenvalue weighted by Gasteiger charge is -2.38. The summed E-state index contributed by atoms with van der Waals surface area (Å²) in [4.78, 5) is 27.8. The Balaban J connectivity index is 1.12. The standard InChI is InChI=1S/C29H34FN9O2/c1-17-13-24(38-37-17)35-27-22-5-4-6-23(22)34-26(36-27)19-9-11-29(41-3,12-10-19)28(40)33-18(2)20-7-8-25(31-14-20)39-16-21(30)15-32-39/h7-8,13-16,18-19H,4-6,9-12H2,1-3H3,(H,33,40)(H2,34,35,36,37,38)/t18-,19?,29?/m0/s1. The van der Waals surface area contributed by atoms with Crippen molar-refractivity contribution in [3.8, 4) is 5.82 Å². The summed E-state index contributed by atoms with van der Waals surface area (Å²) in [5.74, 6) is 2.46. The first-order chi connectivity index (χ1) is 19.8. The number of aryl methyl sites for hydroxylation is 2. The smallest absolute Gasteiger partial charge is 0.252 e. The van der Waals surface area contributed by atoms with Crippen molar-refractivity contribution in [1.29, 1.82) is 0 Å². The molecule has 41 heavy (non-hydrogen) atoms. The van der Waals surface area contributed by atoms with Crippen molar-refractivity contribution in [2.45, 2.75) is 76.4 Å². The van der Waals surface area contributed by atoms with E-state index in [9.17, 15) is 9.18 Å². The molecule has 0 unspecified atom stereocenters. The van der Waals surface area contributed by atoms with Crippen LogP contribution in [0.25, 0.3) is 5.82 Å². The largest absolute Gasteiger partial charge is 0.368 e. The Labute approximate surface area is 237 Å². The number of rotatable bonds is 8. The summed E-state index contributed by atoms with van der Waals surface area (Å²) in [6.45, 7) is 3.87. The molecule has 0 aromatic carbocycles. The quantitative estimate of drug-likeness (QED) is 0.289. The molecule has 4 aromatic rings. The highest BCUT2D eigenvalue weighted by molar-refractivity contribution is 5.85. The van der Waals surface area contributed by atoms with Crippen LogP contribution in [0.4, 0.5) is 16.0 Å². The van der Waals surface area contributed by atoms with Gasteiger partial charge in [0.25, 0.3) is 5.91 Å². The number of nitrogens with zero attached hydrogens (tertiary/aromatic N) is 6. The molecular formula is C29H34FN9O2. The first kappa shape index (κ1) is 27.0. The van der Waals surface area contributed by atoms with E-state index < -0.39 is 11.4 Å². The molecule has 2 aliphatic rings. The average molecular weight is 560 g/mol. The zero-order chi connectivity index (χ0) is 28.6. The van der Waals surface area contributed by atoms with Crippen LogP contribution in [0.3, 0.4) is 0 Å². The number of fused-ring (bicyclic) bond motifs is 1. The number of amides is 1. The summed E-state index contributed by atoms with van der Waals surface area (Å²) in [7, 11) is 1.60. The van der Waals surface area contributed by atoms with Gasteiger partial charge >= 0.3 is 0 Å². The molecule has 2 aliphatic carbocycles. The minimum Gasteiger partial charge on any atom is -0.368 e. The molecule has 4 heterocycles. The number of methoxy groups -OCH3 is 1. The number of ether oxygens (including phenoxy) is 1. The van der Waals surface area contributed by atoms with Crippen LogP contribution in [0.1, 0.15) is 79.3 Å². The molecule has 0 bridgehead atoms. The van der Waals surface area contributed by atoms with Crippen molar-refractivity contribution in [1.82, 2.24) is 40.2 Å². The third-order valence-electron chi connectivity index (χ3n) is 8.27. The maximum absolute atomic E-state index is 13.5. The van der Waals surface area contributed by atoms with Gasteiger partial charge < -0.3 is 15.4 Å². The van der Waals surface area contributed by atoms with Gasteiger partial charge in [0, 0.05) is 42.2 Å². The monoisotopic (exact) mass is 559 g/mol. The highest BCUT2D eigenvalue weighted by Crippen LogP contribution is 2.40. The molecular weight excluding hydrogens is 525 g/mol. The number of carbonyl (C=O) groups excluding carboxylic acids is 1. The predicted molar refractivity (Wildman–Crippen MR) is 149 cm³/mol. The van der Waals surface area contributed by atoms with E-state index in [0.717, 1.165) is 72.7 Å². The fraction of sp³-hybridized carbons (Fsp3) is 0.448. The first-order valence-electron chi connectivity index (χ1n) is 14.0. The Morgan fingerprint density at radius 2 is 2.05 bits per heavy atom. The van der Waals surface area contributed by atoms with E-state index in [0.29, 0.717) is 18.7 Å².